The van der Waals surface area contributed by atoms with Crippen LogP contribution in [0.25, 0.3) is 33.8 Å². The van der Waals surface area contributed by atoms with Crippen molar-refractivity contribution in [2.24, 2.45) is 0 Å². The maximum absolute atomic E-state index is 4.64. The largest absolute Gasteiger partial charge is 0.337 e. The Morgan fingerprint density at radius 3 is 2.68 bits per heavy atom. The van der Waals surface area contributed by atoms with Crippen molar-refractivity contribution in [3.8, 4) is 22.8 Å². The van der Waals surface area contributed by atoms with Crippen LogP contribution in [0.2, 0.25) is 0 Å². The Bertz CT molecular complexity index is 914. The number of hydrogen-bond acceptors (Lipinski definition) is 2. The predicted octanol–water partition coefficient (Wildman–Crippen LogP) is 4.69. The molecule has 0 spiro atoms. The molecule has 0 saturated heterocycles. The number of hydrogen-bond donors (Lipinski definition) is 2. The number of imidazole rings is 1. The van der Waals surface area contributed by atoms with Gasteiger partial charge in [-0.15, -0.1) is 0 Å². The highest BCUT2D eigenvalue weighted by atomic mass is 79.9. The fourth-order valence-corrected chi connectivity index (χ4v) is 2.80. The summed E-state index contributed by atoms with van der Waals surface area (Å²) in [6.07, 6.45) is 0. The van der Waals surface area contributed by atoms with Crippen LogP contribution in [0, 0.1) is 6.92 Å². The highest BCUT2D eigenvalue weighted by Gasteiger charge is 2.10. The predicted molar refractivity (Wildman–Crippen MR) is 91.5 cm³/mol. The van der Waals surface area contributed by atoms with E-state index in [9.17, 15) is 0 Å². The lowest BCUT2D eigenvalue weighted by molar-refractivity contribution is 1.09. The first-order valence-corrected chi connectivity index (χ1v) is 7.77. The van der Waals surface area contributed by atoms with E-state index >= 15 is 0 Å². The molecule has 0 saturated carbocycles. The molecule has 5 heteroatoms. The number of halogens is 1. The van der Waals surface area contributed by atoms with Crippen LogP contribution in [-0.2, 0) is 0 Å². The molecule has 2 aromatic heterocycles. The summed E-state index contributed by atoms with van der Waals surface area (Å²) in [5.41, 5.74) is 6.00. The van der Waals surface area contributed by atoms with E-state index in [1.54, 1.807) is 0 Å². The van der Waals surface area contributed by atoms with Gasteiger partial charge in [-0.3, -0.25) is 5.10 Å². The molecular weight excluding hydrogens is 340 g/mol. The van der Waals surface area contributed by atoms with Gasteiger partial charge in [0, 0.05) is 10.0 Å². The van der Waals surface area contributed by atoms with Crippen molar-refractivity contribution < 1.29 is 0 Å². The third kappa shape index (κ3) is 2.23. The maximum Gasteiger partial charge on any atom is 0.156 e. The monoisotopic (exact) mass is 352 g/mol. The molecule has 0 aliphatic carbocycles. The highest BCUT2D eigenvalue weighted by Crippen LogP contribution is 2.26. The number of aromatic nitrogens is 4. The second-order valence-corrected chi connectivity index (χ2v) is 6.09. The molecule has 2 aromatic carbocycles. The molecule has 0 bridgehead atoms. The van der Waals surface area contributed by atoms with E-state index in [4.69, 9.17) is 0 Å². The molecule has 108 valence electrons. The Hall–Kier alpha value is -2.40. The average molecular weight is 353 g/mol. The molecule has 0 atom stereocenters. The lowest BCUT2D eigenvalue weighted by Crippen LogP contribution is -1.79. The maximum atomic E-state index is 4.64. The molecule has 4 nitrogen and oxygen atoms in total. The van der Waals surface area contributed by atoms with Gasteiger partial charge in [-0.1, -0.05) is 46.3 Å². The van der Waals surface area contributed by atoms with E-state index < -0.39 is 0 Å². The van der Waals surface area contributed by atoms with Crippen LogP contribution in [-0.4, -0.2) is 20.2 Å². The molecule has 2 heterocycles. The van der Waals surface area contributed by atoms with Gasteiger partial charge >= 0.3 is 0 Å². The molecule has 0 amide bonds. The molecule has 22 heavy (non-hydrogen) atoms. The van der Waals surface area contributed by atoms with Crippen LogP contribution in [0.1, 0.15) is 5.56 Å². The van der Waals surface area contributed by atoms with Crippen LogP contribution in [0.3, 0.4) is 0 Å². The Morgan fingerprint density at radius 1 is 1.05 bits per heavy atom. The number of rotatable bonds is 2. The van der Waals surface area contributed by atoms with Gasteiger partial charge in [0.25, 0.3) is 0 Å². The summed E-state index contributed by atoms with van der Waals surface area (Å²) in [6.45, 7) is 2.06. The van der Waals surface area contributed by atoms with Gasteiger partial charge in [0.2, 0.25) is 0 Å². The first-order chi connectivity index (χ1) is 10.7. The molecule has 4 rings (SSSR count). The van der Waals surface area contributed by atoms with Crippen LogP contribution < -0.4 is 0 Å². The molecule has 0 aliphatic heterocycles. The SMILES string of the molecule is Cc1cc2[nH]c(-c3cc(-c4ccccc4)n[nH]3)nc2cc1Br. The minimum Gasteiger partial charge on any atom is -0.337 e. The second kappa shape index (κ2) is 5.10. The van der Waals surface area contributed by atoms with Crippen molar-refractivity contribution in [3.05, 3.63) is 58.6 Å². The smallest absolute Gasteiger partial charge is 0.156 e. The molecule has 0 aliphatic rings. The topological polar surface area (TPSA) is 57.4 Å². The van der Waals surface area contributed by atoms with Crippen LogP contribution in [0.15, 0.2) is 53.0 Å². The lowest BCUT2D eigenvalue weighted by atomic mass is 10.1. The Morgan fingerprint density at radius 2 is 1.86 bits per heavy atom. The van der Waals surface area contributed by atoms with E-state index in [1.807, 2.05) is 42.5 Å². The van der Waals surface area contributed by atoms with Gasteiger partial charge in [-0.05, 0) is 30.7 Å². The fourth-order valence-electron chi connectivity index (χ4n) is 2.47. The van der Waals surface area contributed by atoms with Crippen molar-refractivity contribution in [1.82, 2.24) is 20.2 Å². The number of aromatic amines is 2. The standard InChI is InChI=1S/C17H13BrN4/c1-10-7-14-15(8-12(10)18)20-17(19-14)16-9-13(21-22-16)11-5-3-2-4-6-11/h2-9H,1H3,(H,19,20)(H,21,22). The summed E-state index contributed by atoms with van der Waals surface area (Å²) >= 11 is 3.54. The second-order valence-electron chi connectivity index (χ2n) is 5.24. The molecular formula is C17H13BrN4. The molecule has 4 aromatic rings. The van der Waals surface area contributed by atoms with Crippen LogP contribution in [0.4, 0.5) is 0 Å². The van der Waals surface area contributed by atoms with Crippen molar-refractivity contribution >= 4 is 27.0 Å². The van der Waals surface area contributed by atoms with Crippen molar-refractivity contribution in [3.63, 3.8) is 0 Å². The first-order valence-electron chi connectivity index (χ1n) is 6.98. The van der Waals surface area contributed by atoms with Crippen molar-refractivity contribution in [1.29, 1.82) is 0 Å². The molecule has 0 radical (unpaired) electrons. The summed E-state index contributed by atoms with van der Waals surface area (Å²) in [7, 11) is 0. The molecule has 2 N–H and O–H groups in total. The normalized spacial score (nSPS) is 11.2. The zero-order valence-electron chi connectivity index (χ0n) is 11.9. The van der Waals surface area contributed by atoms with Gasteiger partial charge in [-0.25, -0.2) is 4.98 Å². The third-order valence-electron chi connectivity index (χ3n) is 3.66. The van der Waals surface area contributed by atoms with Gasteiger partial charge in [0.05, 0.1) is 16.7 Å². The van der Waals surface area contributed by atoms with E-state index in [2.05, 4.69) is 49.1 Å². The lowest BCUT2D eigenvalue weighted by Gasteiger charge is -1.95. The van der Waals surface area contributed by atoms with Crippen molar-refractivity contribution in [2.45, 2.75) is 6.92 Å². The van der Waals surface area contributed by atoms with Gasteiger partial charge < -0.3 is 4.98 Å². The summed E-state index contributed by atoms with van der Waals surface area (Å²) in [4.78, 5) is 7.98. The highest BCUT2D eigenvalue weighted by molar-refractivity contribution is 9.10. The number of nitrogens with zero attached hydrogens (tertiary/aromatic N) is 2. The van der Waals surface area contributed by atoms with E-state index in [1.165, 1.54) is 5.56 Å². The summed E-state index contributed by atoms with van der Waals surface area (Å²) in [5, 5.41) is 7.43. The fraction of sp³-hybridized carbons (Fsp3) is 0.0588. The number of aryl methyl sites for hydroxylation is 1. The summed E-state index contributed by atoms with van der Waals surface area (Å²) in [6, 6.07) is 16.2. The Labute approximate surface area is 135 Å². The molecule has 0 unspecified atom stereocenters. The zero-order valence-corrected chi connectivity index (χ0v) is 13.5. The van der Waals surface area contributed by atoms with Gasteiger partial charge in [0.15, 0.2) is 5.82 Å². The summed E-state index contributed by atoms with van der Waals surface area (Å²) < 4.78 is 1.06. The van der Waals surface area contributed by atoms with E-state index in [0.29, 0.717) is 0 Å². The number of benzene rings is 2. The van der Waals surface area contributed by atoms with E-state index in [-0.39, 0.29) is 0 Å². The minimum absolute atomic E-state index is 0.794. The Balaban J connectivity index is 1.78. The number of nitrogens with one attached hydrogen (secondary N) is 2. The number of H-pyrrole nitrogens is 2. The van der Waals surface area contributed by atoms with E-state index in [0.717, 1.165) is 38.3 Å². The summed E-state index contributed by atoms with van der Waals surface area (Å²) in [5.74, 6) is 0.794. The zero-order chi connectivity index (χ0) is 15.1. The minimum atomic E-state index is 0.794. The average Bonchev–Trinajstić information content (AvgIpc) is 3.15. The first kappa shape index (κ1) is 13.3. The van der Waals surface area contributed by atoms with Crippen molar-refractivity contribution in [2.75, 3.05) is 0 Å². The van der Waals surface area contributed by atoms with Crippen LogP contribution >= 0.6 is 15.9 Å². The van der Waals surface area contributed by atoms with Crippen LogP contribution in [0.5, 0.6) is 0 Å². The van der Waals surface area contributed by atoms with Gasteiger partial charge in [0.1, 0.15) is 5.69 Å². The Kier molecular flexibility index (Phi) is 3.08. The quantitative estimate of drug-likeness (QED) is 0.549. The molecule has 0 fully saturated rings. The third-order valence-corrected chi connectivity index (χ3v) is 4.52. The van der Waals surface area contributed by atoms with Gasteiger partial charge in [-0.2, -0.15) is 5.10 Å². The number of fused-ring (bicyclic) bond motifs is 1.